The molecule has 0 aliphatic carbocycles. The molecule has 0 aliphatic heterocycles. The number of hydrogen-bond acceptors (Lipinski definition) is 7. The molecule has 0 aromatic heterocycles. The van der Waals surface area contributed by atoms with Crippen molar-refractivity contribution < 1.29 is 40.1 Å². The minimum absolute atomic E-state index is 0.00861. The van der Waals surface area contributed by atoms with E-state index in [1.165, 1.54) is 56.5 Å². The third-order valence-electron chi connectivity index (χ3n) is 5.07. The van der Waals surface area contributed by atoms with Crippen molar-refractivity contribution in [3.63, 3.8) is 0 Å². The molecule has 14 heteroatoms. The Morgan fingerprint density at radius 3 is 2.25 bits per heavy atom. The van der Waals surface area contributed by atoms with Gasteiger partial charge in [-0.05, 0) is 66.2 Å². The molecule has 0 saturated heterocycles. The smallest absolute Gasteiger partial charge is 0.416 e. The Hall–Kier alpha value is -4.54. The molecular weight excluding hydrogens is 575 g/mol. The largest absolute Gasteiger partial charge is 0.493 e. The van der Waals surface area contributed by atoms with Crippen LogP contribution in [0.4, 0.5) is 24.5 Å². The summed E-state index contributed by atoms with van der Waals surface area (Å²) in [6.45, 7) is 1.29. The molecule has 0 aliphatic rings. The summed E-state index contributed by atoms with van der Waals surface area (Å²) in [5.41, 5.74) is -1.45. The highest BCUT2D eigenvalue weighted by molar-refractivity contribution is 7.87. The Morgan fingerprint density at radius 1 is 1.00 bits per heavy atom. The first-order valence-electron chi connectivity index (χ1n) is 11.0. The maximum atomic E-state index is 13.0. The molecule has 3 rings (SSSR count). The zero-order chi connectivity index (χ0) is 29.7. The molecule has 0 saturated carbocycles. The van der Waals surface area contributed by atoms with E-state index >= 15 is 0 Å². The number of alkyl halides is 3. The van der Waals surface area contributed by atoms with Crippen LogP contribution in [0.25, 0.3) is 6.08 Å². The van der Waals surface area contributed by atoms with Gasteiger partial charge in [-0.1, -0.05) is 17.7 Å². The van der Waals surface area contributed by atoms with E-state index in [0.29, 0.717) is 11.8 Å². The second kappa shape index (κ2) is 12.1. The lowest BCUT2D eigenvalue weighted by Gasteiger charge is -2.12. The average Bonchev–Trinajstić information content (AvgIpc) is 2.87. The number of carbonyl (C=O) groups excluding carboxylic acids is 2. The Morgan fingerprint density at radius 2 is 1.68 bits per heavy atom. The van der Waals surface area contributed by atoms with E-state index in [2.05, 4.69) is 10.6 Å². The van der Waals surface area contributed by atoms with Gasteiger partial charge in [0.2, 0.25) is 5.91 Å². The average molecular weight is 594 g/mol. The molecule has 0 radical (unpaired) electrons. The Labute approximate surface area is 231 Å². The van der Waals surface area contributed by atoms with Crippen LogP contribution < -0.4 is 19.6 Å². The molecule has 0 heterocycles. The summed E-state index contributed by atoms with van der Waals surface area (Å²) in [7, 11) is -3.12. The number of hydrogen-bond donors (Lipinski definition) is 2. The van der Waals surface area contributed by atoms with Gasteiger partial charge < -0.3 is 19.6 Å². The number of rotatable bonds is 8. The molecule has 0 unspecified atom stereocenters. The first-order valence-corrected chi connectivity index (χ1v) is 12.8. The van der Waals surface area contributed by atoms with Gasteiger partial charge in [-0.3, -0.25) is 9.59 Å². The molecular formula is C26H19ClF3N3O6S. The van der Waals surface area contributed by atoms with Gasteiger partial charge in [0, 0.05) is 12.6 Å². The van der Waals surface area contributed by atoms with Crippen molar-refractivity contribution in [2.75, 3.05) is 17.7 Å². The molecule has 3 aromatic carbocycles. The molecule has 40 heavy (non-hydrogen) atoms. The third-order valence-corrected chi connectivity index (χ3v) is 6.65. The number of nitriles is 1. The predicted octanol–water partition coefficient (Wildman–Crippen LogP) is 5.64. The van der Waals surface area contributed by atoms with Crippen LogP contribution in [-0.4, -0.2) is 27.3 Å². The highest BCUT2D eigenvalue weighted by Crippen LogP contribution is 2.35. The first kappa shape index (κ1) is 30.0. The topological polar surface area (TPSA) is 135 Å². The quantitative estimate of drug-likeness (QED) is 0.196. The molecule has 2 amide bonds. The first-order chi connectivity index (χ1) is 18.7. The second-order valence-electron chi connectivity index (χ2n) is 7.97. The van der Waals surface area contributed by atoms with Gasteiger partial charge in [-0.2, -0.15) is 26.9 Å². The molecule has 0 atom stereocenters. The normalized spacial score (nSPS) is 11.8. The number of benzene rings is 3. The van der Waals surface area contributed by atoms with Crippen molar-refractivity contribution in [2.45, 2.75) is 18.0 Å². The summed E-state index contributed by atoms with van der Waals surface area (Å²) in [6, 6.07) is 13.0. The van der Waals surface area contributed by atoms with Crippen molar-refractivity contribution in [2.24, 2.45) is 0 Å². The van der Waals surface area contributed by atoms with Crippen molar-refractivity contribution in [1.29, 1.82) is 5.26 Å². The van der Waals surface area contributed by atoms with Crippen LogP contribution in [0, 0.1) is 11.3 Å². The number of amides is 2. The van der Waals surface area contributed by atoms with E-state index in [0.717, 1.165) is 18.2 Å². The van der Waals surface area contributed by atoms with E-state index in [1.54, 1.807) is 6.07 Å². The maximum absolute atomic E-state index is 13.0. The van der Waals surface area contributed by atoms with Gasteiger partial charge in [0.15, 0.2) is 11.5 Å². The van der Waals surface area contributed by atoms with Gasteiger partial charge in [-0.15, -0.1) is 0 Å². The Kier molecular flexibility index (Phi) is 9.08. The monoisotopic (exact) mass is 593 g/mol. The highest BCUT2D eigenvalue weighted by atomic mass is 35.5. The van der Waals surface area contributed by atoms with Crippen molar-refractivity contribution in [3.05, 3.63) is 82.4 Å². The van der Waals surface area contributed by atoms with Crippen LogP contribution in [0.2, 0.25) is 5.02 Å². The van der Waals surface area contributed by atoms with E-state index in [4.69, 9.17) is 20.5 Å². The predicted molar refractivity (Wildman–Crippen MR) is 140 cm³/mol. The molecule has 0 fully saturated rings. The minimum atomic E-state index is -4.69. The van der Waals surface area contributed by atoms with Crippen LogP contribution in [0.1, 0.15) is 18.1 Å². The lowest BCUT2D eigenvalue weighted by atomic mass is 10.1. The summed E-state index contributed by atoms with van der Waals surface area (Å²) in [4.78, 5) is 23.6. The van der Waals surface area contributed by atoms with Crippen LogP contribution >= 0.6 is 11.6 Å². The van der Waals surface area contributed by atoms with Gasteiger partial charge in [0.25, 0.3) is 5.91 Å². The number of halogens is 4. The third kappa shape index (κ3) is 7.52. The Bertz CT molecular complexity index is 1630. The molecule has 2 N–H and O–H groups in total. The lowest BCUT2D eigenvalue weighted by molar-refractivity contribution is -0.137. The number of nitrogens with zero attached hydrogens (tertiary/aromatic N) is 1. The zero-order valence-electron chi connectivity index (χ0n) is 20.7. The van der Waals surface area contributed by atoms with E-state index < -0.39 is 33.3 Å². The lowest BCUT2D eigenvalue weighted by Crippen LogP contribution is -2.15. The van der Waals surface area contributed by atoms with Crippen molar-refractivity contribution in [1.82, 2.24) is 0 Å². The number of methoxy groups -OCH3 is 1. The van der Waals surface area contributed by atoms with Gasteiger partial charge in [0.05, 0.1) is 23.4 Å². The van der Waals surface area contributed by atoms with Gasteiger partial charge in [0.1, 0.15) is 16.5 Å². The zero-order valence-corrected chi connectivity index (χ0v) is 22.2. The number of nitrogens with one attached hydrogen (secondary N) is 2. The molecule has 0 spiro atoms. The van der Waals surface area contributed by atoms with Crippen molar-refractivity contribution >= 4 is 51.0 Å². The van der Waals surface area contributed by atoms with Crippen LogP contribution in [-0.2, 0) is 25.9 Å². The summed E-state index contributed by atoms with van der Waals surface area (Å²) in [5, 5.41) is 14.0. The molecule has 9 nitrogen and oxygen atoms in total. The standard InChI is InChI=1S/C26H19ClF3N3O6S/c1-15(34)32-19-5-7-20(8-6-19)40(36,37)39-24-12-16(3-10-23(24)38-2)11-17(14-31)25(35)33-22-13-18(26(28,29)30)4-9-21(22)27/h3-13H,1-2H3,(H,32,34)(H,33,35)/b17-11+. The maximum Gasteiger partial charge on any atom is 0.416 e. The van der Waals surface area contributed by atoms with Crippen LogP contribution in [0.5, 0.6) is 11.5 Å². The number of ether oxygens (including phenoxy) is 1. The van der Waals surface area contributed by atoms with E-state index in [1.807, 2.05) is 0 Å². The summed E-state index contributed by atoms with van der Waals surface area (Å²) in [5.74, 6) is -1.67. The fourth-order valence-corrected chi connectivity index (χ4v) is 4.32. The fraction of sp³-hybridized carbons (Fsp3) is 0.115. The molecule has 3 aromatic rings. The van der Waals surface area contributed by atoms with E-state index in [-0.39, 0.29) is 38.6 Å². The number of carbonyl (C=O) groups is 2. The summed E-state index contributed by atoms with van der Waals surface area (Å²) >= 11 is 5.91. The van der Waals surface area contributed by atoms with Crippen LogP contribution in [0.3, 0.4) is 0 Å². The Balaban J connectivity index is 1.89. The molecule has 0 bridgehead atoms. The summed E-state index contributed by atoms with van der Waals surface area (Å²) < 4.78 is 75.2. The molecule has 208 valence electrons. The number of anilines is 2. The van der Waals surface area contributed by atoms with Gasteiger partial charge in [-0.25, -0.2) is 0 Å². The van der Waals surface area contributed by atoms with E-state index in [9.17, 15) is 36.4 Å². The summed E-state index contributed by atoms with van der Waals surface area (Å²) in [6.07, 6.45) is -3.62. The fourth-order valence-electron chi connectivity index (χ4n) is 3.23. The second-order valence-corrected chi connectivity index (χ2v) is 9.92. The van der Waals surface area contributed by atoms with Crippen molar-refractivity contribution in [3.8, 4) is 17.6 Å². The van der Waals surface area contributed by atoms with Gasteiger partial charge >= 0.3 is 16.3 Å². The minimum Gasteiger partial charge on any atom is -0.493 e. The highest BCUT2D eigenvalue weighted by Gasteiger charge is 2.31. The van der Waals surface area contributed by atoms with Crippen LogP contribution in [0.15, 0.2) is 71.1 Å². The SMILES string of the molecule is COc1ccc(/C=C(\C#N)C(=O)Nc2cc(C(F)(F)F)ccc2Cl)cc1OS(=O)(=O)c1ccc(NC(C)=O)cc1.